The third-order valence-electron chi connectivity index (χ3n) is 4.03. The zero-order chi connectivity index (χ0) is 13.6. The minimum absolute atomic E-state index is 0.210. The van der Waals surface area contributed by atoms with Crippen molar-refractivity contribution in [3.63, 3.8) is 0 Å². The average molecular weight is 247 g/mol. The summed E-state index contributed by atoms with van der Waals surface area (Å²) in [6, 6.07) is 7.98. The van der Waals surface area contributed by atoms with Gasteiger partial charge in [0.15, 0.2) is 0 Å². The van der Waals surface area contributed by atoms with Crippen LogP contribution in [-0.4, -0.2) is 17.1 Å². The van der Waals surface area contributed by atoms with E-state index in [1.165, 1.54) is 0 Å². The van der Waals surface area contributed by atoms with Crippen LogP contribution in [0.3, 0.4) is 0 Å². The Hall–Kier alpha value is -1.35. The van der Waals surface area contributed by atoms with Crippen molar-refractivity contribution in [1.82, 2.24) is 5.32 Å². The zero-order valence-corrected chi connectivity index (χ0v) is 11.4. The fraction of sp³-hybridized carbons (Fsp3) is 0.533. The number of rotatable bonds is 4. The molecule has 0 spiro atoms. The molecule has 1 aromatic carbocycles. The third kappa shape index (κ3) is 2.27. The van der Waals surface area contributed by atoms with Crippen molar-refractivity contribution in [2.45, 2.75) is 45.7 Å². The summed E-state index contributed by atoms with van der Waals surface area (Å²) in [6.07, 6.45) is 1.03. The molecule has 0 saturated heterocycles. The molecule has 1 aromatic rings. The molecule has 2 N–H and O–H groups in total. The molecule has 1 saturated carbocycles. The van der Waals surface area contributed by atoms with E-state index < -0.39 is 11.5 Å². The summed E-state index contributed by atoms with van der Waals surface area (Å²) in [6.45, 7) is 8.05. The topological polar surface area (TPSA) is 49.3 Å². The summed E-state index contributed by atoms with van der Waals surface area (Å²) >= 11 is 0. The van der Waals surface area contributed by atoms with Crippen LogP contribution in [0.1, 0.15) is 38.3 Å². The van der Waals surface area contributed by atoms with Gasteiger partial charge < -0.3 is 5.11 Å². The Morgan fingerprint density at radius 2 is 1.89 bits per heavy atom. The molecule has 2 unspecified atom stereocenters. The lowest BCUT2D eigenvalue weighted by Crippen LogP contribution is -2.48. The summed E-state index contributed by atoms with van der Waals surface area (Å²) in [4.78, 5) is 11.6. The molecule has 3 heteroatoms. The first-order valence-corrected chi connectivity index (χ1v) is 6.34. The minimum Gasteiger partial charge on any atom is -0.480 e. The Morgan fingerprint density at radius 1 is 1.39 bits per heavy atom. The van der Waals surface area contributed by atoms with E-state index in [1.54, 1.807) is 6.92 Å². The molecule has 1 aliphatic carbocycles. The number of carboxylic acids is 1. The van der Waals surface area contributed by atoms with Crippen LogP contribution in [0.4, 0.5) is 0 Å². The SMILES string of the molecule is Cc1ccc(C(C)(NC2CC2(C)C)C(=O)O)cc1. The molecule has 18 heavy (non-hydrogen) atoms. The first-order chi connectivity index (χ1) is 8.25. The molecular formula is C15H21NO2. The predicted octanol–water partition coefficient (Wildman–Crippen LogP) is 2.68. The van der Waals surface area contributed by atoms with E-state index in [1.807, 2.05) is 31.2 Å². The Bertz CT molecular complexity index is 464. The molecule has 0 amide bonds. The number of carbonyl (C=O) groups is 1. The zero-order valence-electron chi connectivity index (χ0n) is 11.4. The molecule has 0 radical (unpaired) electrons. The number of aryl methyl sites for hydroxylation is 1. The molecule has 0 aromatic heterocycles. The molecule has 1 aliphatic rings. The lowest BCUT2D eigenvalue weighted by molar-refractivity contribution is -0.144. The standard InChI is InChI=1S/C15H21NO2/c1-10-5-7-11(8-6-10)15(4,13(17)18)16-12-9-14(12,2)3/h5-8,12,16H,9H2,1-4H3,(H,17,18). The summed E-state index contributed by atoms with van der Waals surface area (Å²) in [7, 11) is 0. The number of aliphatic carboxylic acids is 1. The van der Waals surface area contributed by atoms with Gasteiger partial charge in [-0.05, 0) is 31.2 Å². The van der Waals surface area contributed by atoms with Crippen molar-refractivity contribution in [2.75, 3.05) is 0 Å². The minimum atomic E-state index is -1.01. The maximum Gasteiger partial charge on any atom is 0.328 e. The second-order valence-corrected chi connectivity index (χ2v) is 6.19. The normalized spacial score (nSPS) is 24.3. The second kappa shape index (κ2) is 4.09. The van der Waals surface area contributed by atoms with Crippen LogP contribution >= 0.6 is 0 Å². The smallest absolute Gasteiger partial charge is 0.328 e. The predicted molar refractivity (Wildman–Crippen MR) is 71.5 cm³/mol. The highest BCUT2D eigenvalue weighted by molar-refractivity contribution is 5.80. The maximum absolute atomic E-state index is 11.6. The van der Waals surface area contributed by atoms with Crippen molar-refractivity contribution < 1.29 is 9.90 Å². The lowest BCUT2D eigenvalue weighted by atomic mass is 9.91. The summed E-state index contributed by atoms with van der Waals surface area (Å²) < 4.78 is 0. The van der Waals surface area contributed by atoms with Gasteiger partial charge in [-0.2, -0.15) is 0 Å². The molecule has 0 aliphatic heterocycles. The third-order valence-corrected chi connectivity index (χ3v) is 4.03. The first kappa shape index (κ1) is 13.1. The van der Waals surface area contributed by atoms with Crippen molar-refractivity contribution in [3.05, 3.63) is 35.4 Å². The summed E-state index contributed by atoms with van der Waals surface area (Å²) in [5, 5.41) is 12.8. The Balaban J connectivity index is 2.27. The fourth-order valence-corrected chi connectivity index (χ4v) is 2.22. The van der Waals surface area contributed by atoms with Gasteiger partial charge in [0.2, 0.25) is 0 Å². The largest absolute Gasteiger partial charge is 0.480 e. The van der Waals surface area contributed by atoms with Gasteiger partial charge in [0.1, 0.15) is 5.54 Å². The van der Waals surface area contributed by atoms with E-state index >= 15 is 0 Å². The maximum atomic E-state index is 11.6. The monoisotopic (exact) mass is 247 g/mol. The van der Waals surface area contributed by atoms with Gasteiger partial charge in [-0.25, -0.2) is 4.79 Å². The highest BCUT2D eigenvalue weighted by Crippen LogP contribution is 2.46. The van der Waals surface area contributed by atoms with E-state index in [0.717, 1.165) is 17.5 Å². The Kier molecular flexibility index (Phi) is 2.98. The lowest BCUT2D eigenvalue weighted by Gasteiger charge is -2.28. The Labute approximate surface area is 108 Å². The molecule has 1 fully saturated rings. The van der Waals surface area contributed by atoms with Gasteiger partial charge in [0.25, 0.3) is 0 Å². The van der Waals surface area contributed by atoms with Gasteiger partial charge >= 0.3 is 5.97 Å². The number of hydrogen-bond donors (Lipinski definition) is 2. The first-order valence-electron chi connectivity index (χ1n) is 6.34. The van der Waals surface area contributed by atoms with Crippen LogP contribution in [0.5, 0.6) is 0 Å². The van der Waals surface area contributed by atoms with E-state index in [2.05, 4.69) is 19.2 Å². The number of nitrogens with one attached hydrogen (secondary N) is 1. The van der Waals surface area contributed by atoms with E-state index in [-0.39, 0.29) is 11.5 Å². The molecular weight excluding hydrogens is 226 g/mol. The van der Waals surface area contributed by atoms with E-state index in [0.29, 0.717) is 0 Å². The molecule has 3 nitrogen and oxygen atoms in total. The van der Waals surface area contributed by atoms with Crippen LogP contribution < -0.4 is 5.32 Å². The average Bonchev–Trinajstić information content (AvgIpc) is 2.86. The van der Waals surface area contributed by atoms with Crippen molar-refractivity contribution in [3.8, 4) is 0 Å². The number of hydrogen-bond acceptors (Lipinski definition) is 2. The number of benzene rings is 1. The summed E-state index contributed by atoms with van der Waals surface area (Å²) in [5.41, 5.74) is 1.15. The number of carboxylic acid groups (broad SMARTS) is 1. The fourth-order valence-electron chi connectivity index (χ4n) is 2.22. The molecule has 2 atom stereocenters. The van der Waals surface area contributed by atoms with Crippen LogP contribution in [0.2, 0.25) is 0 Å². The van der Waals surface area contributed by atoms with Crippen molar-refractivity contribution >= 4 is 5.97 Å². The van der Waals surface area contributed by atoms with Crippen LogP contribution in [0.15, 0.2) is 24.3 Å². The van der Waals surface area contributed by atoms with Crippen molar-refractivity contribution in [2.24, 2.45) is 5.41 Å². The van der Waals surface area contributed by atoms with Gasteiger partial charge in [0, 0.05) is 6.04 Å². The summed E-state index contributed by atoms with van der Waals surface area (Å²) in [5.74, 6) is -0.825. The highest BCUT2D eigenvalue weighted by atomic mass is 16.4. The van der Waals surface area contributed by atoms with E-state index in [9.17, 15) is 9.90 Å². The quantitative estimate of drug-likeness (QED) is 0.860. The molecule has 98 valence electrons. The highest BCUT2D eigenvalue weighted by Gasteiger charge is 2.50. The van der Waals surface area contributed by atoms with Gasteiger partial charge in [0.05, 0.1) is 0 Å². The van der Waals surface area contributed by atoms with Gasteiger partial charge in [-0.3, -0.25) is 5.32 Å². The van der Waals surface area contributed by atoms with Crippen LogP contribution in [-0.2, 0) is 10.3 Å². The Morgan fingerprint density at radius 3 is 2.28 bits per heavy atom. The molecule has 0 bridgehead atoms. The van der Waals surface area contributed by atoms with Crippen LogP contribution in [0.25, 0.3) is 0 Å². The van der Waals surface area contributed by atoms with Gasteiger partial charge in [-0.1, -0.05) is 43.7 Å². The van der Waals surface area contributed by atoms with Crippen molar-refractivity contribution in [1.29, 1.82) is 0 Å². The van der Waals surface area contributed by atoms with Crippen LogP contribution in [0, 0.1) is 12.3 Å². The molecule has 2 rings (SSSR count). The second-order valence-electron chi connectivity index (χ2n) is 6.19. The van der Waals surface area contributed by atoms with Gasteiger partial charge in [-0.15, -0.1) is 0 Å². The molecule has 0 heterocycles. The van der Waals surface area contributed by atoms with E-state index in [4.69, 9.17) is 0 Å².